The molecule has 2 amide bonds. The molecule has 0 aliphatic carbocycles. The Hall–Kier alpha value is -0.770. The topological polar surface area (TPSA) is 32.8 Å². The predicted octanol–water partition coefficient (Wildman–Crippen LogP) is 2.09. The molecule has 0 radical (unpaired) electrons. The third-order valence-corrected chi connectivity index (χ3v) is 3.57. The number of morpholine rings is 1. The summed E-state index contributed by atoms with van der Waals surface area (Å²) in [6.07, 6.45) is 5.16. The summed E-state index contributed by atoms with van der Waals surface area (Å²) >= 11 is 0. The molecule has 0 aromatic carbocycles. The van der Waals surface area contributed by atoms with Crippen molar-refractivity contribution in [2.45, 2.75) is 51.7 Å². The van der Waals surface area contributed by atoms with Gasteiger partial charge in [-0.3, -0.25) is 0 Å². The Balaban J connectivity index is 1.93. The molecule has 2 saturated heterocycles. The van der Waals surface area contributed by atoms with Crippen LogP contribution in [0.2, 0.25) is 0 Å². The molecule has 0 saturated carbocycles. The van der Waals surface area contributed by atoms with E-state index in [-0.39, 0.29) is 18.2 Å². The number of hydrogen-bond acceptors (Lipinski definition) is 2. The highest BCUT2D eigenvalue weighted by Crippen LogP contribution is 2.16. The third-order valence-electron chi connectivity index (χ3n) is 3.57. The van der Waals surface area contributed by atoms with E-state index in [1.807, 2.05) is 23.6 Å². The molecular formula is C13H24N2O2. The number of amides is 2. The minimum atomic E-state index is 0.162. The van der Waals surface area contributed by atoms with Crippen LogP contribution in [-0.4, -0.2) is 54.2 Å². The van der Waals surface area contributed by atoms with Gasteiger partial charge >= 0.3 is 6.03 Å². The van der Waals surface area contributed by atoms with Gasteiger partial charge in [0.25, 0.3) is 0 Å². The Labute approximate surface area is 104 Å². The fourth-order valence-electron chi connectivity index (χ4n) is 2.80. The van der Waals surface area contributed by atoms with Gasteiger partial charge in [-0.2, -0.15) is 0 Å². The molecule has 4 heteroatoms. The van der Waals surface area contributed by atoms with Gasteiger partial charge in [-0.1, -0.05) is 12.8 Å². The highest BCUT2D eigenvalue weighted by molar-refractivity contribution is 5.74. The van der Waals surface area contributed by atoms with Gasteiger partial charge in [0.1, 0.15) is 0 Å². The van der Waals surface area contributed by atoms with E-state index in [4.69, 9.17) is 4.74 Å². The van der Waals surface area contributed by atoms with Crippen molar-refractivity contribution in [3.63, 3.8) is 0 Å². The standard InChI is InChI=1S/C13H24N2O2/c1-11-9-15(10-12(2)17-11)13(16)14-7-5-3-4-6-8-14/h11-12H,3-10H2,1-2H3/t11-,12+. The fraction of sp³-hybridized carbons (Fsp3) is 0.923. The molecule has 0 N–H and O–H groups in total. The van der Waals surface area contributed by atoms with Gasteiger partial charge in [-0.25, -0.2) is 4.79 Å². The Morgan fingerprint density at radius 3 is 2.00 bits per heavy atom. The molecule has 2 aliphatic rings. The van der Waals surface area contributed by atoms with E-state index in [0.29, 0.717) is 0 Å². The molecular weight excluding hydrogens is 216 g/mol. The van der Waals surface area contributed by atoms with Crippen molar-refractivity contribution in [2.24, 2.45) is 0 Å². The fourth-order valence-corrected chi connectivity index (χ4v) is 2.80. The second-order valence-electron chi connectivity index (χ2n) is 5.35. The second-order valence-corrected chi connectivity index (χ2v) is 5.35. The second kappa shape index (κ2) is 5.71. The Kier molecular flexibility index (Phi) is 4.26. The van der Waals surface area contributed by atoms with Crippen molar-refractivity contribution in [1.82, 2.24) is 9.80 Å². The van der Waals surface area contributed by atoms with E-state index in [2.05, 4.69) is 0 Å². The molecule has 0 aromatic rings. The van der Waals surface area contributed by atoms with Crippen molar-refractivity contribution in [3.05, 3.63) is 0 Å². The summed E-state index contributed by atoms with van der Waals surface area (Å²) in [4.78, 5) is 16.4. The van der Waals surface area contributed by atoms with E-state index in [0.717, 1.165) is 39.0 Å². The lowest BCUT2D eigenvalue weighted by Gasteiger charge is -2.38. The van der Waals surface area contributed by atoms with Crippen LogP contribution < -0.4 is 0 Å². The lowest BCUT2D eigenvalue weighted by molar-refractivity contribution is -0.0581. The van der Waals surface area contributed by atoms with Crippen molar-refractivity contribution in [2.75, 3.05) is 26.2 Å². The number of nitrogens with zero attached hydrogens (tertiary/aromatic N) is 2. The van der Waals surface area contributed by atoms with Gasteiger partial charge in [0.15, 0.2) is 0 Å². The third kappa shape index (κ3) is 3.35. The van der Waals surface area contributed by atoms with Gasteiger partial charge in [-0.05, 0) is 26.7 Å². The summed E-state index contributed by atoms with van der Waals surface area (Å²) in [6, 6.07) is 0.217. The van der Waals surface area contributed by atoms with Gasteiger partial charge < -0.3 is 14.5 Å². The van der Waals surface area contributed by atoms with E-state index < -0.39 is 0 Å². The van der Waals surface area contributed by atoms with Crippen LogP contribution in [0.25, 0.3) is 0 Å². The summed E-state index contributed by atoms with van der Waals surface area (Å²) in [6.45, 7) is 7.41. The van der Waals surface area contributed by atoms with E-state index in [9.17, 15) is 4.79 Å². The number of carbonyl (C=O) groups excluding carboxylic acids is 1. The van der Waals surface area contributed by atoms with Crippen LogP contribution >= 0.6 is 0 Å². The zero-order valence-corrected chi connectivity index (χ0v) is 11.0. The molecule has 17 heavy (non-hydrogen) atoms. The lowest BCUT2D eigenvalue weighted by atomic mass is 10.2. The number of ether oxygens (including phenoxy) is 1. The maximum Gasteiger partial charge on any atom is 0.320 e. The van der Waals surface area contributed by atoms with Crippen LogP contribution in [-0.2, 0) is 4.74 Å². The number of carbonyl (C=O) groups is 1. The van der Waals surface area contributed by atoms with Crippen molar-refractivity contribution in [3.8, 4) is 0 Å². The molecule has 0 bridgehead atoms. The predicted molar refractivity (Wildman–Crippen MR) is 67.0 cm³/mol. The lowest BCUT2D eigenvalue weighted by Crippen LogP contribution is -2.53. The molecule has 0 aromatic heterocycles. The minimum Gasteiger partial charge on any atom is -0.372 e. The van der Waals surface area contributed by atoms with E-state index in [1.54, 1.807) is 0 Å². The summed E-state index contributed by atoms with van der Waals surface area (Å²) in [5.74, 6) is 0. The largest absolute Gasteiger partial charge is 0.372 e. The highest BCUT2D eigenvalue weighted by Gasteiger charge is 2.29. The first kappa shape index (κ1) is 12.7. The molecule has 4 nitrogen and oxygen atoms in total. The van der Waals surface area contributed by atoms with Crippen LogP contribution in [0.15, 0.2) is 0 Å². The normalized spacial score (nSPS) is 31.2. The molecule has 0 unspecified atom stereocenters. The quantitative estimate of drug-likeness (QED) is 0.649. The van der Waals surface area contributed by atoms with Crippen LogP contribution in [0.1, 0.15) is 39.5 Å². The van der Waals surface area contributed by atoms with Crippen LogP contribution in [0.5, 0.6) is 0 Å². The zero-order valence-electron chi connectivity index (χ0n) is 11.0. The first-order chi connectivity index (χ1) is 8.16. The first-order valence-corrected chi connectivity index (χ1v) is 6.86. The number of hydrogen-bond donors (Lipinski definition) is 0. The molecule has 2 fully saturated rings. The van der Waals surface area contributed by atoms with Crippen molar-refractivity contribution in [1.29, 1.82) is 0 Å². The van der Waals surface area contributed by atoms with Crippen molar-refractivity contribution >= 4 is 6.03 Å². The van der Waals surface area contributed by atoms with Gasteiger partial charge in [0.05, 0.1) is 12.2 Å². The zero-order chi connectivity index (χ0) is 12.3. The molecule has 2 atom stereocenters. The van der Waals surface area contributed by atoms with Gasteiger partial charge in [0.2, 0.25) is 0 Å². The smallest absolute Gasteiger partial charge is 0.320 e. The summed E-state index contributed by atoms with van der Waals surface area (Å²) < 4.78 is 5.67. The Bertz CT molecular complexity index is 252. The summed E-state index contributed by atoms with van der Waals surface area (Å²) in [5.41, 5.74) is 0. The number of rotatable bonds is 0. The van der Waals surface area contributed by atoms with Crippen molar-refractivity contribution < 1.29 is 9.53 Å². The molecule has 2 rings (SSSR count). The Morgan fingerprint density at radius 1 is 0.941 bits per heavy atom. The van der Waals surface area contributed by atoms with Crippen LogP contribution in [0, 0.1) is 0 Å². The SMILES string of the molecule is C[C@@H]1CN(C(=O)N2CCCCCC2)C[C@H](C)O1. The molecule has 2 heterocycles. The van der Waals surface area contributed by atoms with E-state index >= 15 is 0 Å². The molecule has 0 spiro atoms. The Morgan fingerprint density at radius 2 is 1.47 bits per heavy atom. The molecule has 98 valence electrons. The average Bonchev–Trinajstić information content (AvgIpc) is 2.55. The number of urea groups is 1. The maximum atomic E-state index is 12.4. The monoisotopic (exact) mass is 240 g/mol. The summed E-state index contributed by atoms with van der Waals surface area (Å²) in [7, 11) is 0. The maximum absolute atomic E-state index is 12.4. The minimum absolute atomic E-state index is 0.162. The van der Waals surface area contributed by atoms with E-state index in [1.165, 1.54) is 12.8 Å². The average molecular weight is 240 g/mol. The molecule has 2 aliphatic heterocycles. The van der Waals surface area contributed by atoms with Gasteiger partial charge in [-0.15, -0.1) is 0 Å². The van der Waals surface area contributed by atoms with Crippen LogP contribution in [0.3, 0.4) is 0 Å². The van der Waals surface area contributed by atoms with Crippen LogP contribution in [0.4, 0.5) is 4.79 Å². The highest BCUT2D eigenvalue weighted by atomic mass is 16.5. The number of likely N-dealkylation sites (tertiary alicyclic amines) is 1. The summed E-state index contributed by atoms with van der Waals surface area (Å²) in [5, 5.41) is 0. The first-order valence-electron chi connectivity index (χ1n) is 6.86. The van der Waals surface area contributed by atoms with Gasteiger partial charge in [0, 0.05) is 26.2 Å².